The first-order valence-electron chi connectivity index (χ1n) is 10.3. The minimum Gasteiger partial charge on any atom is -0.490 e. The van der Waals surface area contributed by atoms with E-state index in [0.717, 1.165) is 12.2 Å². The molecular weight excluding hydrogens is 418 g/mol. The lowest BCUT2D eigenvalue weighted by atomic mass is 9.96. The summed E-state index contributed by atoms with van der Waals surface area (Å²) in [7, 11) is 0. The van der Waals surface area contributed by atoms with E-state index in [1.165, 1.54) is 13.0 Å². The molecule has 0 aliphatic carbocycles. The lowest BCUT2D eigenvalue weighted by Crippen LogP contribution is -2.43. The number of nitrogens with zero attached hydrogens (tertiary/aromatic N) is 1. The number of ketones is 2. The van der Waals surface area contributed by atoms with Gasteiger partial charge in [0.05, 0.1) is 19.8 Å². The zero-order valence-electron chi connectivity index (χ0n) is 18.0. The Labute approximate surface area is 185 Å². The largest absolute Gasteiger partial charge is 0.490 e. The molecular formula is C23H25NO8. The van der Waals surface area contributed by atoms with Gasteiger partial charge in [0.2, 0.25) is 0 Å². The highest BCUT2D eigenvalue weighted by atomic mass is 16.5. The summed E-state index contributed by atoms with van der Waals surface area (Å²) >= 11 is 0. The summed E-state index contributed by atoms with van der Waals surface area (Å²) in [5, 5.41) is 0. The summed E-state index contributed by atoms with van der Waals surface area (Å²) in [4.78, 5) is 50.2. The lowest BCUT2D eigenvalue weighted by molar-refractivity contribution is -0.151. The number of allylic oxidation sites excluding steroid dienone is 3. The Hall–Kier alpha value is -3.46. The molecule has 1 aromatic carbocycles. The molecule has 32 heavy (non-hydrogen) atoms. The predicted molar refractivity (Wildman–Crippen MR) is 113 cm³/mol. The average Bonchev–Trinajstić information content (AvgIpc) is 2.77. The van der Waals surface area contributed by atoms with Crippen molar-refractivity contribution in [2.45, 2.75) is 13.8 Å². The Kier molecular flexibility index (Phi) is 7.77. The van der Waals surface area contributed by atoms with Gasteiger partial charge in [0, 0.05) is 19.2 Å². The van der Waals surface area contributed by atoms with Gasteiger partial charge in [-0.3, -0.25) is 19.2 Å². The van der Waals surface area contributed by atoms with E-state index in [0.29, 0.717) is 50.0 Å². The van der Waals surface area contributed by atoms with Crippen LogP contribution in [0.3, 0.4) is 0 Å². The molecule has 9 heteroatoms. The molecule has 1 aromatic rings. The Morgan fingerprint density at radius 2 is 1.91 bits per heavy atom. The first-order valence-corrected chi connectivity index (χ1v) is 10.3. The molecule has 170 valence electrons. The smallest absolute Gasteiger partial charge is 0.329 e. The van der Waals surface area contributed by atoms with Gasteiger partial charge in [-0.05, 0) is 37.6 Å². The van der Waals surface area contributed by atoms with Crippen LogP contribution in [0.2, 0.25) is 0 Å². The first kappa shape index (κ1) is 23.2. The minimum atomic E-state index is -1.49. The monoisotopic (exact) mass is 443 g/mol. The summed E-state index contributed by atoms with van der Waals surface area (Å²) in [6.45, 7) is 5.60. The maximum Gasteiger partial charge on any atom is 0.329 e. The summed E-state index contributed by atoms with van der Waals surface area (Å²) in [5.41, 5.74) is 0.594. The molecule has 2 aliphatic rings. The molecule has 0 saturated carbocycles. The van der Waals surface area contributed by atoms with E-state index in [4.69, 9.17) is 18.9 Å². The molecule has 0 aromatic heterocycles. The van der Waals surface area contributed by atoms with E-state index in [9.17, 15) is 19.2 Å². The van der Waals surface area contributed by atoms with E-state index in [2.05, 4.69) is 0 Å². The zero-order chi connectivity index (χ0) is 23.1. The summed E-state index contributed by atoms with van der Waals surface area (Å²) in [5.74, 6) is -2.82. The number of ether oxygens (including phenoxy) is 4. The van der Waals surface area contributed by atoms with E-state index in [1.807, 2.05) is 6.92 Å². The van der Waals surface area contributed by atoms with Crippen molar-refractivity contribution in [3.8, 4) is 11.5 Å². The van der Waals surface area contributed by atoms with Gasteiger partial charge in [-0.25, -0.2) is 0 Å². The van der Waals surface area contributed by atoms with Gasteiger partial charge in [-0.1, -0.05) is 12.1 Å². The SMILES string of the molecule is CCOc1cc(C=CC(=O)C2C(=O)C=C(C)OC2=O)ccc1OCC(=O)N1CCOCC1. The fourth-order valence-corrected chi connectivity index (χ4v) is 3.24. The van der Waals surface area contributed by atoms with Crippen molar-refractivity contribution in [2.75, 3.05) is 39.5 Å². The predicted octanol–water partition coefficient (Wildman–Crippen LogP) is 1.55. The average molecular weight is 443 g/mol. The van der Waals surface area contributed by atoms with Gasteiger partial charge >= 0.3 is 5.97 Å². The summed E-state index contributed by atoms with van der Waals surface area (Å²) < 4.78 is 21.4. The number of hydrogen-bond donors (Lipinski definition) is 0. The van der Waals surface area contributed by atoms with Crippen molar-refractivity contribution in [3.63, 3.8) is 0 Å². The number of rotatable bonds is 8. The van der Waals surface area contributed by atoms with Gasteiger partial charge in [0.15, 0.2) is 35.6 Å². The fraction of sp³-hybridized carbons (Fsp3) is 0.391. The maximum absolute atomic E-state index is 12.4. The highest BCUT2D eigenvalue weighted by Crippen LogP contribution is 2.29. The Morgan fingerprint density at radius 1 is 1.16 bits per heavy atom. The van der Waals surface area contributed by atoms with Crippen molar-refractivity contribution in [1.82, 2.24) is 4.90 Å². The van der Waals surface area contributed by atoms with Crippen LogP contribution in [0.25, 0.3) is 6.08 Å². The molecule has 3 rings (SSSR count). The molecule has 0 radical (unpaired) electrons. The third-order valence-corrected chi connectivity index (χ3v) is 4.83. The molecule has 1 saturated heterocycles. The molecule has 1 atom stereocenters. The molecule has 0 spiro atoms. The third kappa shape index (κ3) is 5.82. The van der Waals surface area contributed by atoms with Gasteiger partial charge < -0.3 is 23.8 Å². The topological polar surface area (TPSA) is 108 Å². The van der Waals surface area contributed by atoms with Crippen LogP contribution in [0.1, 0.15) is 19.4 Å². The van der Waals surface area contributed by atoms with Crippen LogP contribution in [0.15, 0.2) is 36.1 Å². The summed E-state index contributed by atoms with van der Waals surface area (Å²) in [6.07, 6.45) is 3.76. The van der Waals surface area contributed by atoms with Gasteiger partial charge in [0.25, 0.3) is 5.91 Å². The number of morpholine rings is 1. The second-order valence-electron chi connectivity index (χ2n) is 7.17. The fourth-order valence-electron chi connectivity index (χ4n) is 3.24. The third-order valence-electron chi connectivity index (χ3n) is 4.83. The molecule has 1 unspecified atom stereocenters. The van der Waals surface area contributed by atoms with Crippen molar-refractivity contribution in [3.05, 3.63) is 41.7 Å². The van der Waals surface area contributed by atoms with Crippen LogP contribution >= 0.6 is 0 Å². The second-order valence-corrected chi connectivity index (χ2v) is 7.17. The minimum absolute atomic E-state index is 0.132. The van der Waals surface area contributed by atoms with Crippen molar-refractivity contribution in [2.24, 2.45) is 5.92 Å². The van der Waals surface area contributed by atoms with Gasteiger partial charge in [0.1, 0.15) is 5.76 Å². The number of benzene rings is 1. The molecule has 2 heterocycles. The Bertz CT molecular complexity index is 959. The number of cyclic esters (lactones) is 1. The van der Waals surface area contributed by atoms with Crippen LogP contribution in [0.5, 0.6) is 11.5 Å². The normalized spacial score (nSPS) is 18.9. The van der Waals surface area contributed by atoms with Crippen LogP contribution in [-0.4, -0.2) is 67.9 Å². The van der Waals surface area contributed by atoms with Crippen molar-refractivity contribution in [1.29, 1.82) is 0 Å². The molecule has 9 nitrogen and oxygen atoms in total. The molecule has 1 amide bonds. The van der Waals surface area contributed by atoms with Gasteiger partial charge in [-0.15, -0.1) is 0 Å². The van der Waals surface area contributed by atoms with Crippen LogP contribution in [0, 0.1) is 5.92 Å². The Morgan fingerprint density at radius 3 is 2.59 bits per heavy atom. The number of carbonyl (C=O) groups is 4. The van der Waals surface area contributed by atoms with Crippen LogP contribution < -0.4 is 9.47 Å². The molecule has 1 fully saturated rings. The van der Waals surface area contributed by atoms with E-state index in [1.54, 1.807) is 23.1 Å². The molecule has 0 N–H and O–H groups in total. The van der Waals surface area contributed by atoms with Gasteiger partial charge in [-0.2, -0.15) is 0 Å². The number of carbonyl (C=O) groups excluding carboxylic acids is 4. The standard InChI is InChI=1S/C23H25NO8/c1-3-30-20-13-16(4-6-17(25)22-18(26)12-15(2)32-23(22)28)5-7-19(20)31-14-21(27)24-8-10-29-11-9-24/h4-7,12-13,22H,3,8-11,14H2,1-2H3. The highest BCUT2D eigenvalue weighted by molar-refractivity contribution is 6.25. The number of amides is 1. The van der Waals surface area contributed by atoms with E-state index >= 15 is 0 Å². The van der Waals surface area contributed by atoms with E-state index in [-0.39, 0.29) is 18.3 Å². The molecule has 2 aliphatic heterocycles. The molecule has 0 bridgehead atoms. The lowest BCUT2D eigenvalue weighted by Gasteiger charge is -2.26. The summed E-state index contributed by atoms with van der Waals surface area (Å²) in [6, 6.07) is 4.95. The van der Waals surface area contributed by atoms with Crippen molar-refractivity contribution >= 4 is 29.5 Å². The number of esters is 1. The van der Waals surface area contributed by atoms with Crippen molar-refractivity contribution < 1.29 is 38.1 Å². The first-order chi connectivity index (χ1) is 15.4. The highest BCUT2D eigenvalue weighted by Gasteiger charge is 2.36. The maximum atomic E-state index is 12.4. The van der Waals surface area contributed by atoms with Crippen LogP contribution in [0.4, 0.5) is 0 Å². The quantitative estimate of drug-likeness (QED) is 0.338. The second kappa shape index (κ2) is 10.7. The number of hydrogen-bond acceptors (Lipinski definition) is 8. The van der Waals surface area contributed by atoms with E-state index < -0.39 is 23.5 Å². The van der Waals surface area contributed by atoms with Crippen LogP contribution in [-0.2, 0) is 28.7 Å². The Balaban J connectivity index is 1.67. The zero-order valence-corrected chi connectivity index (χ0v) is 18.0.